The van der Waals surface area contributed by atoms with Crippen molar-refractivity contribution in [1.82, 2.24) is 30.2 Å². The number of hydrogen-bond acceptors (Lipinski definition) is 9. The average molecular weight is 867 g/mol. The molecule has 1 amide bonds. The minimum Gasteiger partial charge on any atom is -0.478 e. The topological polar surface area (TPSA) is 169 Å². The number of pyridine rings is 4. The molecule has 2 aliphatic heterocycles. The van der Waals surface area contributed by atoms with Crippen molar-refractivity contribution in [3.05, 3.63) is 168 Å². The van der Waals surface area contributed by atoms with Crippen molar-refractivity contribution in [3.8, 4) is 34.7 Å². The number of piperidine rings is 2. The van der Waals surface area contributed by atoms with Crippen LogP contribution in [0.3, 0.4) is 0 Å². The summed E-state index contributed by atoms with van der Waals surface area (Å²) in [7, 11) is 0. The Morgan fingerprint density at radius 2 is 1.02 bits per heavy atom. The maximum Gasteiger partial charge on any atom is 0.337 e. The highest BCUT2D eigenvalue weighted by atomic mass is 19.1. The van der Waals surface area contributed by atoms with Crippen molar-refractivity contribution >= 4 is 11.9 Å². The molecule has 2 fully saturated rings. The first-order valence-corrected chi connectivity index (χ1v) is 19.9. The average Bonchev–Trinajstić information content (AvgIpc) is 3.32. The van der Waals surface area contributed by atoms with Gasteiger partial charge < -0.3 is 15.3 Å². The number of rotatable bonds is 8. The van der Waals surface area contributed by atoms with Crippen LogP contribution in [0.4, 0.5) is 8.78 Å². The largest absolute Gasteiger partial charge is 0.478 e. The Morgan fingerprint density at radius 3 is 1.44 bits per heavy atom. The number of carboxylic acid groups (broad SMARTS) is 1. The third kappa shape index (κ3) is 13.4. The zero-order chi connectivity index (χ0) is 43.1. The Balaban J connectivity index is 0.000000272. The number of carbonyl (C=O) groups is 2. The van der Waals surface area contributed by atoms with Crippen LogP contribution in [0.1, 0.15) is 79.8 Å². The molecule has 0 spiro atoms. The Bertz CT molecular complexity index is 2460. The highest BCUT2D eigenvalue weighted by Gasteiger charge is 2.37. The summed E-state index contributed by atoms with van der Waals surface area (Å²) in [6.45, 7) is 2.79. The van der Waals surface area contributed by atoms with Crippen molar-refractivity contribution in [1.29, 1.82) is 10.5 Å². The van der Waals surface area contributed by atoms with E-state index < -0.39 is 11.4 Å². The Morgan fingerprint density at radius 1 is 0.609 bits per heavy atom. The van der Waals surface area contributed by atoms with Crippen LogP contribution in [0.25, 0.3) is 22.5 Å². The fraction of sp³-hybridized carbons (Fsp3) is 0.294. The van der Waals surface area contributed by atoms with E-state index in [4.69, 9.17) is 5.11 Å². The molecular formula is C51H56F2N8O3. The van der Waals surface area contributed by atoms with E-state index >= 15 is 0 Å². The van der Waals surface area contributed by atoms with Crippen molar-refractivity contribution in [3.63, 3.8) is 0 Å². The molecule has 0 saturated carbocycles. The molecule has 2 N–H and O–H groups in total. The first-order chi connectivity index (χ1) is 29.6. The molecule has 2 saturated heterocycles. The molecule has 0 radical (unpaired) electrons. The first kappa shape index (κ1) is 51.1. The molecule has 6 aromatic rings. The van der Waals surface area contributed by atoms with Crippen molar-refractivity contribution in [2.45, 2.75) is 60.8 Å². The van der Waals surface area contributed by atoms with Gasteiger partial charge in [0.15, 0.2) is 0 Å². The van der Waals surface area contributed by atoms with Crippen LogP contribution in [-0.2, 0) is 12.8 Å². The lowest BCUT2D eigenvalue weighted by molar-refractivity contribution is 0.0646. The van der Waals surface area contributed by atoms with Crippen molar-refractivity contribution < 1.29 is 23.5 Å². The maximum atomic E-state index is 13.2. The minimum absolute atomic E-state index is 0. The van der Waals surface area contributed by atoms with Crippen molar-refractivity contribution in [2.24, 2.45) is 10.8 Å². The van der Waals surface area contributed by atoms with Crippen LogP contribution in [0.5, 0.6) is 0 Å². The highest BCUT2D eigenvalue weighted by molar-refractivity contribution is 6.00. The zero-order valence-corrected chi connectivity index (χ0v) is 33.4. The van der Waals surface area contributed by atoms with Crippen LogP contribution < -0.4 is 5.32 Å². The summed E-state index contributed by atoms with van der Waals surface area (Å²) < 4.78 is 25.9. The van der Waals surface area contributed by atoms with Crippen LogP contribution in [0, 0.1) is 45.1 Å². The second-order valence-electron chi connectivity index (χ2n) is 15.0. The summed E-state index contributed by atoms with van der Waals surface area (Å²) in [5, 5.41) is 31.4. The number of carboxylic acids is 1. The molecule has 0 aliphatic carbocycles. The van der Waals surface area contributed by atoms with E-state index in [1.807, 2.05) is 12.1 Å². The molecule has 6 heterocycles. The van der Waals surface area contributed by atoms with E-state index in [1.54, 1.807) is 96.7 Å². The fourth-order valence-corrected chi connectivity index (χ4v) is 7.49. The second-order valence-corrected chi connectivity index (χ2v) is 15.0. The predicted molar refractivity (Wildman–Crippen MR) is 246 cm³/mol. The normalized spacial score (nSPS) is 14.3. The number of aromatic carboxylic acids is 1. The van der Waals surface area contributed by atoms with Gasteiger partial charge in [-0.25, -0.2) is 13.6 Å². The third-order valence-corrected chi connectivity index (χ3v) is 10.9. The molecule has 4 aromatic heterocycles. The molecule has 13 heteroatoms. The van der Waals surface area contributed by atoms with E-state index in [9.17, 15) is 28.9 Å². The highest BCUT2D eigenvalue weighted by Crippen LogP contribution is 2.36. The van der Waals surface area contributed by atoms with Gasteiger partial charge in [-0.1, -0.05) is 46.5 Å². The molecule has 0 atom stereocenters. The number of carbonyl (C=O) groups excluding carboxylic acids is 1. The van der Waals surface area contributed by atoms with Gasteiger partial charge in [0.1, 0.15) is 11.6 Å². The summed E-state index contributed by atoms with van der Waals surface area (Å²) >= 11 is 0. The molecule has 8 rings (SSSR count). The quantitative estimate of drug-likeness (QED) is 0.150. The smallest absolute Gasteiger partial charge is 0.337 e. The lowest BCUT2D eigenvalue weighted by Gasteiger charge is -2.37. The van der Waals surface area contributed by atoms with Gasteiger partial charge in [-0.3, -0.25) is 24.7 Å². The molecule has 11 nitrogen and oxygen atoms in total. The maximum absolute atomic E-state index is 13.2. The number of halogens is 2. The number of benzene rings is 2. The standard InChI is InChI=1S/C24H21FN4O.C13H15FN2.C11H8N2O2.3CH4/c25-20-5-3-18(4-6-20)16-24(17-26)9-14-29(15-10-24)23(30)21-2-1-11-28-22(21)19-7-12-27-13-8-19;14-12-3-1-11(2-4-12)9-13(10-15)5-7-16-8-6-13;14-11(15)9-2-1-5-13-10(9)8-3-6-12-7-4-8;;;/h1-8,11-13H,9-10,14-16H2;1-4,16H,5-9H2;1-7H,(H,14,15);3*1H4. The van der Waals surface area contributed by atoms with Gasteiger partial charge in [0, 0.05) is 61.4 Å². The SMILES string of the molecule is C.C.C.N#CC1(Cc2ccc(F)cc2)CCN(C(=O)c2cccnc2-c2ccncc2)CC1.N#CC1(Cc2ccc(F)cc2)CCNCC1.O=C(O)c1cccnc1-c1ccncc1. The molecule has 0 bridgehead atoms. The van der Waals surface area contributed by atoms with Gasteiger partial charge in [0.05, 0.1) is 45.5 Å². The molecular weight excluding hydrogens is 811 g/mol. The zero-order valence-electron chi connectivity index (χ0n) is 33.4. The lowest BCUT2D eigenvalue weighted by atomic mass is 9.75. The van der Waals surface area contributed by atoms with Gasteiger partial charge in [0.25, 0.3) is 5.91 Å². The number of nitrogens with zero attached hydrogens (tertiary/aromatic N) is 7. The van der Waals surface area contributed by atoms with Gasteiger partial charge in [-0.2, -0.15) is 10.5 Å². The monoisotopic (exact) mass is 866 g/mol. The number of nitrogens with one attached hydrogen (secondary N) is 1. The van der Waals surface area contributed by atoms with E-state index in [0.717, 1.165) is 54.6 Å². The fourth-order valence-electron chi connectivity index (χ4n) is 7.49. The molecule has 332 valence electrons. The third-order valence-electron chi connectivity index (χ3n) is 10.9. The van der Waals surface area contributed by atoms with E-state index in [2.05, 4.69) is 37.4 Å². The van der Waals surface area contributed by atoms with Gasteiger partial charge in [-0.05, 0) is 136 Å². The van der Waals surface area contributed by atoms with Crippen LogP contribution >= 0.6 is 0 Å². The van der Waals surface area contributed by atoms with Crippen LogP contribution in [0.15, 0.2) is 134 Å². The van der Waals surface area contributed by atoms with Crippen molar-refractivity contribution in [2.75, 3.05) is 26.2 Å². The summed E-state index contributed by atoms with van der Waals surface area (Å²) in [6, 6.07) is 31.5. The summed E-state index contributed by atoms with van der Waals surface area (Å²) in [5.41, 5.74) is 4.61. The second kappa shape index (κ2) is 24.4. The molecule has 2 aromatic carbocycles. The van der Waals surface area contributed by atoms with Crippen LogP contribution in [0.2, 0.25) is 0 Å². The summed E-state index contributed by atoms with van der Waals surface area (Å²) in [5.74, 6) is -1.56. The Hall–Kier alpha value is -7.22. The number of aromatic nitrogens is 4. The van der Waals surface area contributed by atoms with Gasteiger partial charge >= 0.3 is 5.97 Å². The molecule has 0 unspecified atom stereocenters. The van der Waals surface area contributed by atoms with E-state index in [0.29, 0.717) is 49.3 Å². The van der Waals surface area contributed by atoms with Crippen LogP contribution in [-0.4, -0.2) is 68.0 Å². The van der Waals surface area contributed by atoms with Gasteiger partial charge in [-0.15, -0.1) is 0 Å². The van der Waals surface area contributed by atoms with Gasteiger partial charge in [0.2, 0.25) is 0 Å². The predicted octanol–water partition coefficient (Wildman–Crippen LogP) is 10.3. The summed E-state index contributed by atoms with van der Waals surface area (Å²) in [4.78, 5) is 42.3. The summed E-state index contributed by atoms with van der Waals surface area (Å²) in [6.07, 6.45) is 14.0. The first-order valence-electron chi connectivity index (χ1n) is 19.9. The lowest BCUT2D eigenvalue weighted by Crippen LogP contribution is -2.43. The number of likely N-dealkylation sites (tertiary alicyclic amines) is 1. The van der Waals surface area contributed by atoms with E-state index in [-0.39, 0.29) is 50.8 Å². The Kier molecular flexibility index (Phi) is 19.5. The minimum atomic E-state index is -0.977. The number of amides is 1. The number of hydrogen-bond donors (Lipinski definition) is 2. The number of nitriles is 2. The Labute approximate surface area is 375 Å². The van der Waals surface area contributed by atoms with E-state index in [1.165, 1.54) is 30.3 Å². The molecule has 64 heavy (non-hydrogen) atoms. The molecule has 2 aliphatic rings.